The summed E-state index contributed by atoms with van der Waals surface area (Å²) in [5, 5.41) is 4.30. The zero-order valence-corrected chi connectivity index (χ0v) is 8.83. The Morgan fingerprint density at radius 3 is 2.91 bits per heavy atom. The highest BCUT2D eigenvalue weighted by Gasteiger charge is 2.03. The molecule has 0 bridgehead atoms. The molecule has 0 unspecified atom stereocenters. The minimum Gasteiger partial charge on any atom is -0.378 e. The molecule has 0 fully saturated rings. The van der Waals surface area contributed by atoms with Crippen LogP contribution < -0.4 is 0 Å². The van der Waals surface area contributed by atoms with Crippen molar-refractivity contribution >= 4 is 22.6 Å². The summed E-state index contributed by atoms with van der Waals surface area (Å²) in [6, 6.07) is 0. The summed E-state index contributed by atoms with van der Waals surface area (Å²) < 4.78 is 8.07. The van der Waals surface area contributed by atoms with Gasteiger partial charge in [0.05, 0.1) is 10.2 Å². The molecule has 0 aliphatic carbocycles. The molecule has 0 aliphatic heterocycles. The molecule has 0 aromatic carbocycles. The van der Waals surface area contributed by atoms with Gasteiger partial charge in [0.1, 0.15) is 5.69 Å². The van der Waals surface area contributed by atoms with Gasteiger partial charge in [-0.1, -0.05) is 0 Å². The predicted octanol–water partition coefficient (Wildman–Crippen LogP) is 1.65. The van der Waals surface area contributed by atoms with E-state index in [0.29, 0.717) is 6.61 Å². The number of hydrogen-bond donors (Lipinski definition) is 0. The minimum atomic E-state index is 0.602. The van der Waals surface area contributed by atoms with Crippen LogP contribution in [0.15, 0.2) is 6.20 Å². The van der Waals surface area contributed by atoms with Gasteiger partial charge >= 0.3 is 0 Å². The molecule has 1 aromatic heterocycles. The third-order valence-electron chi connectivity index (χ3n) is 1.39. The molecule has 0 amide bonds. The Bertz CT molecular complexity index is 234. The van der Waals surface area contributed by atoms with E-state index in [1.807, 2.05) is 10.9 Å². The molecule has 0 radical (unpaired) electrons. The average Bonchev–Trinajstić information content (AvgIpc) is 2.33. The van der Waals surface area contributed by atoms with Crippen LogP contribution >= 0.6 is 22.6 Å². The second kappa shape index (κ2) is 4.06. The normalized spacial score (nSPS) is 10.5. The molecular weight excluding hydrogens is 255 g/mol. The van der Waals surface area contributed by atoms with Crippen LogP contribution in [0.3, 0.4) is 0 Å². The lowest BCUT2D eigenvalue weighted by Gasteiger charge is -1.93. The van der Waals surface area contributed by atoms with Crippen molar-refractivity contribution in [2.75, 3.05) is 7.11 Å². The van der Waals surface area contributed by atoms with Crippen LogP contribution in [0.4, 0.5) is 0 Å². The van der Waals surface area contributed by atoms with E-state index in [4.69, 9.17) is 4.74 Å². The third kappa shape index (κ3) is 2.16. The van der Waals surface area contributed by atoms with Gasteiger partial charge in [-0.3, -0.25) is 4.68 Å². The Kier molecular flexibility index (Phi) is 3.32. The van der Waals surface area contributed by atoms with Crippen molar-refractivity contribution in [3.8, 4) is 0 Å². The lowest BCUT2D eigenvalue weighted by molar-refractivity contribution is 0.180. The van der Waals surface area contributed by atoms with Crippen LogP contribution in [0.5, 0.6) is 0 Å². The van der Waals surface area contributed by atoms with Crippen molar-refractivity contribution in [1.29, 1.82) is 0 Å². The summed E-state index contributed by atoms with van der Waals surface area (Å²) in [4.78, 5) is 0. The average molecular weight is 266 g/mol. The SMILES string of the molecule is CCn1cc(I)c(COC)n1. The first-order valence-corrected chi connectivity index (χ1v) is 4.56. The Morgan fingerprint density at radius 2 is 2.45 bits per heavy atom. The number of ether oxygens (including phenoxy) is 1. The lowest BCUT2D eigenvalue weighted by atomic mass is 10.5. The number of aryl methyl sites for hydroxylation is 1. The number of hydrogen-bond acceptors (Lipinski definition) is 2. The smallest absolute Gasteiger partial charge is 0.101 e. The summed E-state index contributed by atoms with van der Waals surface area (Å²) in [6.45, 7) is 3.59. The molecule has 0 saturated carbocycles. The molecular formula is C7H11IN2O. The van der Waals surface area contributed by atoms with Gasteiger partial charge in [-0.2, -0.15) is 5.10 Å². The fraction of sp³-hybridized carbons (Fsp3) is 0.571. The number of aromatic nitrogens is 2. The van der Waals surface area contributed by atoms with Gasteiger partial charge in [0.15, 0.2) is 0 Å². The molecule has 1 aromatic rings. The second-order valence-corrected chi connectivity index (χ2v) is 3.37. The van der Waals surface area contributed by atoms with E-state index < -0.39 is 0 Å². The molecule has 0 atom stereocenters. The molecule has 3 nitrogen and oxygen atoms in total. The van der Waals surface area contributed by atoms with Gasteiger partial charge in [-0.15, -0.1) is 0 Å². The molecule has 0 saturated heterocycles. The first-order valence-electron chi connectivity index (χ1n) is 3.48. The van der Waals surface area contributed by atoms with E-state index in [0.717, 1.165) is 12.2 Å². The summed E-state index contributed by atoms with van der Waals surface area (Å²) in [5.41, 5.74) is 1.02. The maximum absolute atomic E-state index is 4.99. The van der Waals surface area contributed by atoms with Gasteiger partial charge in [-0.25, -0.2) is 0 Å². The van der Waals surface area contributed by atoms with E-state index in [2.05, 4.69) is 34.6 Å². The van der Waals surface area contributed by atoms with E-state index in [1.54, 1.807) is 7.11 Å². The van der Waals surface area contributed by atoms with E-state index in [-0.39, 0.29) is 0 Å². The Morgan fingerprint density at radius 1 is 1.73 bits per heavy atom. The zero-order valence-electron chi connectivity index (χ0n) is 6.67. The molecule has 1 rings (SSSR count). The molecule has 4 heteroatoms. The molecule has 0 N–H and O–H groups in total. The topological polar surface area (TPSA) is 27.1 Å². The van der Waals surface area contributed by atoms with Crippen molar-refractivity contribution in [1.82, 2.24) is 9.78 Å². The van der Waals surface area contributed by atoms with Crippen molar-refractivity contribution in [3.63, 3.8) is 0 Å². The lowest BCUT2D eigenvalue weighted by Crippen LogP contribution is -1.96. The Labute approximate surface area is 79.9 Å². The number of methoxy groups -OCH3 is 1. The van der Waals surface area contributed by atoms with Gasteiger partial charge < -0.3 is 4.74 Å². The maximum atomic E-state index is 4.99. The first kappa shape index (κ1) is 8.99. The molecule has 62 valence electrons. The number of halogens is 1. The van der Waals surface area contributed by atoms with Crippen LogP contribution in [0.1, 0.15) is 12.6 Å². The minimum absolute atomic E-state index is 0.602. The van der Waals surface area contributed by atoms with Crippen molar-refractivity contribution in [2.24, 2.45) is 0 Å². The van der Waals surface area contributed by atoms with E-state index >= 15 is 0 Å². The van der Waals surface area contributed by atoms with E-state index in [9.17, 15) is 0 Å². The van der Waals surface area contributed by atoms with Crippen molar-refractivity contribution in [3.05, 3.63) is 15.5 Å². The molecule has 0 spiro atoms. The quantitative estimate of drug-likeness (QED) is 0.778. The third-order valence-corrected chi connectivity index (χ3v) is 2.29. The molecule has 11 heavy (non-hydrogen) atoms. The highest BCUT2D eigenvalue weighted by Crippen LogP contribution is 2.10. The van der Waals surface area contributed by atoms with Gasteiger partial charge in [0.25, 0.3) is 0 Å². The summed E-state index contributed by atoms with van der Waals surface area (Å²) >= 11 is 2.26. The maximum Gasteiger partial charge on any atom is 0.101 e. The Hall–Kier alpha value is -0.100. The number of nitrogens with zero attached hydrogens (tertiary/aromatic N) is 2. The largest absolute Gasteiger partial charge is 0.378 e. The summed E-state index contributed by atoms with van der Waals surface area (Å²) in [5.74, 6) is 0. The van der Waals surface area contributed by atoms with Gasteiger partial charge in [0.2, 0.25) is 0 Å². The van der Waals surface area contributed by atoms with Crippen molar-refractivity contribution < 1.29 is 4.74 Å². The Balaban J connectivity index is 2.79. The predicted molar refractivity (Wildman–Crippen MR) is 51.3 cm³/mol. The highest BCUT2D eigenvalue weighted by molar-refractivity contribution is 14.1. The standard InChI is InChI=1S/C7H11IN2O/c1-3-10-4-6(8)7(9-10)5-11-2/h4H,3,5H2,1-2H3. The zero-order chi connectivity index (χ0) is 8.27. The van der Waals surface area contributed by atoms with Gasteiger partial charge in [-0.05, 0) is 29.5 Å². The summed E-state index contributed by atoms with van der Waals surface area (Å²) in [7, 11) is 1.68. The fourth-order valence-corrected chi connectivity index (χ4v) is 1.42. The van der Waals surface area contributed by atoms with Crippen LogP contribution in [-0.2, 0) is 17.9 Å². The second-order valence-electron chi connectivity index (χ2n) is 2.21. The van der Waals surface area contributed by atoms with E-state index in [1.165, 1.54) is 3.57 Å². The monoisotopic (exact) mass is 266 g/mol. The first-order chi connectivity index (χ1) is 5.27. The summed E-state index contributed by atoms with van der Waals surface area (Å²) in [6.07, 6.45) is 2.02. The van der Waals surface area contributed by atoms with Crippen molar-refractivity contribution in [2.45, 2.75) is 20.1 Å². The van der Waals surface area contributed by atoms with Crippen LogP contribution in [0.25, 0.3) is 0 Å². The molecule has 1 heterocycles. The highest BCUT2D eigenvalue weighted by atomic mass is 127. The fourth-order valence-electron chi connectivity index (χ4n) is 0.834. The van der Waals surface area contributed by atoms with Crippen LogP contribution in [0, 0.1) is 3.57 Å². The van der Waals surface area contributed by atoms with Gasteiger partial charge in [0, 0.05) is 19.9 Å². The van der Waals surface area contributed by atoms with Crippen LogP contribution in [-0.4, -0.2) is 16.9 Å². The van der Waals surface area contributed by atoms with Crippen LogP contribution in [0.2, 0.25) is 0 Å². The number of rotatable bonds is 3. The molecule has 0 aliphatic rings.